The summed E-state index contributed by atoms with van der Waals surface area (Å²) in [4.78, 5) is 44.7. The van der Waals surface area contributed by atoms with Gasteiger partial charge in [0.05, 0.1) is 29.6 Å². The smallest absolute Gasteiger partial charge is 0.252 e. The number of carbonyl (C=O) groups excluding carboxylic acids is 3. The average Bonchev–Trinajstić information content (AvgIpc) is 3.39. The standard InChI is InChI=1S/C20H19N5O3S/c21-9-14-11-29-12-25(14)19(27)10-23-20(28)15-5-6-22-17-4-3-13(8-16(15)17)24-7-1-2-18(24)26/h3-6,8,14H,1-2,7,10-12H2,(H,23,28)/t14-/m1/s1. The Morgan fingerprint density at radius 1 is 1.34 bits per heavy atom. The van der Waals surface area contributed by atoms with Gasteiger partial charge < -0.3 is 15.1 Å². The lowest BCUT2D eigenvalue weighted by molar-refractivity contribution is -0.129. The highest BCUT2D eigenvalue weighted by Crippen LogP contribution is 2.27. The maximum Gasteiger partial charge on any atom is 0.252 e. The Morgan fingerprint density at radius 2 is 2.21 bits per heavy atom. The van der Waals surface area contributed by atoms with Gasteiger partial charge in [0.15, 0.2) is 0 Å². The molecule has 4 rings (SSSR count). The van der Waals surface area contributed by atoms with E-state index in [1.165, 1.54) is 16.7 Å². The van der Waals surface area contributed by atoms with Crippen molar-refractivity contribution in [3.8, 4) is 6.07 Å². The van der Waals surface area contributed by atoms with Crippen molar-refractivity contribution >= 4 is 46.1 Å². The number of nitriles is 1. The summed E-state index contributed by atoms with van der Waals surface area (Å²) in [5, 5.41) is 12.4. The van der Waals surface area contributed by atoms with Gasteiger partial charge in [0.2, 0.25) is 11.8 Å². The van der Waals surface area contributed by atoms with Crippen LogP contribution in [0.3, 0.4) is 0 Å². The Hall–Kier alpha value is -3.12. The number of thioether (sulfide) groups is 1. The fourth-order valence-corrected chi connectivity index (χ4v) is 4.67. The third-order valence-corrected chi connectivity index (χ3v) is 6.12. The van der Waals surface area contributed by atoms with E-state index >= 15 is 0 Å². The van der Waals surface area contributed by atoms with Gasteiger partial charge in [-0.15, -0.1) is 11.8 Å². The largest absolute Gasteiger partial charge is 0.343 e. The van der Waals surface area contributed by atoms with Crippen molar-refractivity contribution < 1.29 is 14.4 Å². The van der Waals surface area contributed by atoms with Gasteiger partial charge in [-0.1, -0.05) is 0 Å². The SMILES string of the molecule is N#C[C@@H]1CSCN1C(=O)CNC(=O)c1ccnc2ccc(N3CCCC3=O)cc12. The molecule has 0 radical (unpaired) electrons. The zero-order valence-electron chi connectivity index (χ0n) is 15.6. The number of pyridine rings is 1. The van der Waals surface area contributed by atoms with Gasteiger partial charge in [-0.3, -0.25) is 19.4 Å². The van der Waals surface area contributed by atoms with Gasteiger partial charge in [0.25, 0.3) is 5.91 Å². The van der Waals surface area contributed by atoms with Crippen LogP contribution in [-0.4, -0.2) is 58.4 Å². The molecule has 3 heterocycles. The topological polar surface area (TPSA) is 106 Å². The van der Waals surface area contributed by atoms with Crippen LogP contribution < -0.4 is 10.2 Å². The number of hydrogen-bond acceptors (Lipinski definition) is 6. The Balaban J connectivity index is 1.53. The van der Waals surface area contributed by atoms with Gasteiger partial charge in [0.1, 0.15) is 6.04 Å². The fourth-order valence-electron chi connectivity index (χ4n) is 3.57. The molecule has 0 unspecified atom stereocenters. The molecule has 29 heavy (non-hydrogen) atoms. The summed E-state index contributed by atoms with van der Waals surface area (Å²) in [5.41, 5.74) is 1.77. The van der Waals surface area contributed by atoms with Crippen LogP contribution in [0.25, 0.3) is 10.9 Å². The third-order valence-electron chi connectivity index (χ3n) is 5.11. The van der Waals surface area contributed by atoms with Crippen LogP contribution in [0, 0.1) is 11.3 Å². The van der Waals surface area contributed by atoms with Crippen molar-refractivity contribution in [1.29, 1.82) is 5.26 Å². The first-order valence-electron chi connectivity index (χ1n) is 9.32. The van der Waals surface area contributed by atoms with E-state index in [0.717, 1.165) is 12.1 Å². The number of aromatic nitrogens is 1. The molecule has 148 valence electrons. The predicted octanol–water partition coefficient (Wildman–Crippen LogP) is 1.52. The van der Waals surface area contributed by atoms with Crippen molar-refractivity contribution in [2.45, 2.75) is 18.9 Å². The Labute approximate surface area is 171 Å². The molecule has 3 amide bonds. The number of anilines is 1. The van der Waals surface area contributed by atoms with Crippen molar-refractivity contribution in [3.05, 3.63) is 36.0 Å². The van der Waals surface area contributed by atoms with Gasteiger partial charge in [-0.2, -0.15) is 5.26 Å². The summed E-state index contributed by atoms with van der Waals surface area (Å²) < 4.78 is 0. The lowest BCUT2D eigenvalue weighted by Gasteiger charge is -2.19. The molecule has 1 atom stereocenters. The lowest BCUT2D eigenvalue weighted by Crippen LogP contribution is -2.42. The Bertz CT molecular complexity index is 1030. The van der Waals surface area contributed by atoms with Crippen LogP contribution in [0.2, 0.25) is 0 Å². The number of nitrogens with zero attached hydrogens (tertiary/aromatic N) is 4. The first kappa shape index (κ1) is 19.2. The monoisotopic (exact) mass is 409 g/mol. The van der Waals surface area contributed by atoms with Crippen LogP contribution in [-0.2, 0) is 9.59 Å². The molecule has 2 saturated heterocycles. The summed E-state index contributed by atoms with van der Waals surface area (Å²) >= 11 is 1.52. The number of amides is 3. The lowest BCUT2D eigenvalue weighted by atomic mass is 10.1. The molecule has 2 aliphatic heterocycles. The van der Waals surface area contributed by atoms with Gasteiger partial charge >= 0.3 is 0 Å². The van der Waals surface area contributed by atoms with Crippen molar-refractivity contribution in [3.63, 3.8) is 0 Å². The predicted molar refractivity (Wildman–Crippen MR) is 109 cm³/mol. The minimum Gasteiger partial charge on any atom is -0.343 e. The highest BCUT2D eigenvalue weighted by Gasteiger charge is 2.29. The number of fused-ring (bicyclic) bond motifs is 1. The molecule has 1 aromatic carbocycles. The van der Waals surface area contributed by atoms with E-state index in [1.54, 1.807) is 29.3 Å². The van der Waals surface area contributed by atoms with Crippen molar-refractivity contribution in [2.24, 2.45) is 0 Å². The normalized spacial score (nSPS) is 18.9. The maximum absolute atomic E-state index is 12.8. The van der Waals surface area contributed by atoms with E-state index < -0.39 is 11.9 Å². The first-order chi connectivity index (χ1) is 14.1. The second kappa shape index (κ2) is 8.09. The molecular formula is C20H19N5O3S. The number of benzene rings is 1. The third kappa shape index (κ3) is 3.76. The zero-order chi connectivity index (χ0) is 20.4. The van der Waals surface area contributed by atoms with Crippen molar-refractivity contribution in [1.82, 2.24) is 15.2 Å². The molecule has 1 N–H and O–H groups in total. The van der Waals surface area contributed by atoms with E-state index in [2.05, 4.69) is 16.4 Å². The van der Waals surface area contributed by atoms with Crippen molar-refractivity contribution in [2.75, 3.05) is 29.6 Å². The summed E-state index contributed by atoms with van der Waals surface area (Å²) in [5.74, 6) is 0.439. The minimum absolute atomic E-state index is 0.0698. The van der Waals surface area contributed by atoms with Gasteiger partial charge in [0, 0.05) is 36.0 Å². The Morgan fingerprint density at radius 3 is 2.97 bits per heavy atom. The van der Waals surface area contributed by atoms with E-state index in [0.29, 0.717) is 41.1 Å². The van der Waals surface area contributed by atoms with Gasteiger partial charge in [-0.25, -0.2) is 0 Å². The fraction of sp³-hybridized carbons (Fsp3) is 0.350. The van der Waals surface area contributed by atoms with Gasteiger partial charge in [-0.05, 0) is 30.7 Å². The van der Waals surface area contributed by atoms with Crippen LogP contribution in [0.15, 0.2) is 30.5 Å². The molecule has 2 aromatic rings. The minimum atomic E-state index is -0.452. The summed E-state index contributed by atoms with van der Waals surface area (Å²) in [6.07, 6.45) is 2.89. The summed E-state index contributed by atoms with van der Waals surface area (Å²) in [6.45, 7) is 0.486. The number of nitrogens with one attached hydrogen (secondary N) is 1. The van der Waals surface area contributed by atoms with E-state index in [1.807, 2.05) is 6.07 Å². The molecule has 8 nitrogen and oxygen atoms in total. The molecule has 0 aliphatic carbocycles. The van der Waals surface area contributed by atoms with E-state index in [9.17, 15) is 14.4 Å². The zero-order valence-corrected chi connectivity index (χ0v) is 16.4. The molecule has 2 aliphatic rings. The molecule has 2 fully saturated rings. The molecule has 9 heteroatoms. The Kier molecular flexibility index (Phi) is 5.36. The number of rotatable bonds is 4. The molecule has 0 bridgehead atoms. The van der Waals surface area contributed by atoms with E-state index in [4.69, 9.17) is 5.26 Å². The van der Waals surface area contributed by atoms with Crippen LogP contribution in [0.1, 0.15) is 23.2 Å². The van der Waals surface area contributed by atoms with Crippen LogP contribution in [0.5, 0.6) is 0 Å². The molecule has 1 aromatic heterocycles. The summed E-state index contributed by atoms with van der Waals surface area (Å²) in [7, 11) is 0. The molecule has 0 saturated carbocycles. The molecule has 0 spiro atoms. The highest BCUT2D eigenvalue weighted by atomic mass is 32.2. The second-order valence-corrected chi connectivity index (χ2v) is 7.90. The highest BCUT2D eigenvalue weighted by molar-refractivity contribution is 7.99. The number of carbonyl (C=O) groups is 3. The quantitative estimate of drug-likeness (QED) is 0.821. The summed E-state index contributed by atoms with van der Waals surface area (Å²) in [6, 6.07) is 8.67. The second-order valence-electron chi connectivity index (χ2n) is 6.90. The van der Waals surface area contributed by atoms with Crippen LogP contribution >= 0.6 is 11.8 Å². The average molecular weight is 409 g/mol. The maximum atomic E-state index is 12.8. The number of hydrogen-bond donors (Lipinski definition) is 1. The van der Waals surface area contributed by atoms with E-state index in [-0.39, 0.29) is 18.4 Å². The first-order valence-corrected chi connectivity index (χ1v) is 10.5. The molecular weight excluding hydrogens is 390 g/mol. The van der Waals surface area contributed by atoms with Crippen LogP contribution in [0.4, 0.5) is 5.69 Å².